The van der Waals surface area contributed by atoms with Crippen LogP contribution in [0.15, 0.2) is 42.7 Å². The number of nitrogens with zero attached hydrogens (tertiary/aromatic N) is 2. The van der Waals surface area contributed by atoms with Crippen LogP contribution in [0.25, 0.3) is 0 Å². The predicted octanol–water partition coefficient (Wildman–Crippen LogP) is 2.95. The Morgan fingerprint density at radius 3 is 2.72 bits per heavy atom. The Labute approximate surface area is 149 Å². The van der Waals surface area contributed by atoms with Gasteiger partial charge in [-0.05, 0) is 35.6 Å². The monoisotopic (exact) mass is 341 g/mol. The van der Waals surface area contributed by atoms with Gasteiger partial charge in [-0.1, -0.05) is 38.1 Å². The maximum Gasteiger partial charge on any atom is 0.238 e. The van der Waals surface area contributed by atoms with Crippen LogP contribution < -0.4 is 5.32 Å². The van der Waals surface area contributed by atoms with Gasteiger partial charge in [0.05, 0.1) is 13.2 Å². The first-order chi connectivity index (χ1) is 12.0. The number of anilines is 1. The summed E-state index contributed by atoms with van der Waals surface area (Å²) >= 11 is 0. The number of hydrogen-bond donors (Lipinski definition) is 2. The topological polar surface area (TPSA) is 65.5 Å². The first kappa shape index (κ1) is 19.1. The number of benzene rings is 1. The summed E-state index contributed by atoms with van der Waals surface area (Å²) < 4.78 is 0. The van der Waals surface area contributed by atoms with Crippen LogP contribution in [0.4, 0.5) is 5.69 Å². The number of aromatic nitrogens is 1. The molecule has 5 nitrogen and oxygen atoms in total. The number of pyridine rings is 1. The zero-order valence-corrected chi connectivity index (χ0v) is 15.2. The van der Waals surface area contributed by atoms with Gasteiger partial charge in [-0.15, -0.1) is 0 Å². The van der Waals surface area contributed by atoms with Crippen LogP contribution in [0.1, 0.15) is 36.5 Å². The van der Waals surface area contributed by atoms with Gasteiger partial charge in [-0.25, -0.2) is 0 Å². The van der Waals surface area contributed by atoms with Gasteiger partial charge in [0.15, 0.2) is 0 Å². The molecule has 25 heavy (non-hydrogen) atoms. The molecule has 5 heteroatoms. The van der Waals surface area contributed by atoms with Crippen molar-refractivity contribution in [2.45, 2.75) is 33.2 Å². The van der Waals surface area contributed by atoms with E-state index in [-0.39, 0.29) is 19.1 Å². The van der Waals surface area contributed by atoms with Crippen molar-refractivity contribution in [1.82, 2.24) is 9.88 Å². The molecule has 1 aromatic carbocycles. The molecule has 134 valence electrons. The second-order valence-corrected chi connectivity index (χ2v) is 6.54. The minimum Gasteiger partial charge on any atom is -0.395 e. The van der Waals surface area contributed by atoms with E-state index in [1.54, 1.807) is 12.4 Å². The van der Waals surface area contributed by atoms with Gasteiger partial charge in [0.2, 0.25) is 5.91 Å². The Morgan fingerprint density at radius 2 is 2.08 bits per heavy atom. The number of carbonyl (C=O) groups is 1. The lowest BCUT2D eigenvalue weighted by atomic mass is 9.98. The second-order valence-electron chi connectivity index (χ2n) is 6.54. The molecule has 0 atom stereocenters. The first-order valence-corrected chi connectivity index (χ1v) is 8.62. The number of carbonyl (C=O) groups excluding carboxylic acids is 1. The Balaban J connectivity index is 2.07. The highest BCUT2D eigenvalue weighted by Gasteiger charge is 2.15. The Kier molecular flexibility index (Phi) is 7.10. The largest absolute Gasteiger partial charge is 0.395 e. The Morgan fingerprint density at radius 1 is 1.28 bits per heavy atom. The summed E-state index contributed by atoms with van der Waals surface area (Å²) in [5.41, 5.74) is 4.10. The average molecular weight is 341 g/mol. The minimum atomic E-state index is -0.0754. The molecule has 0 aliphatic rings. The minimum absolute atomic E-state index is 0.00908. The molecule has 2 rings (SSSR count). The summed E-state index contributed by atoms with van der Waals surface area (Å²) in [6, 6.07) is 9.90. The van der Waals surface area contributed by atoms with E-state index in [0.29, 0.717) is 19.0 Å². The number of aryl methyl sites for hydroxylation is 1. The smallest absolute Gasteiger partial charge is 0.238 e. The number of amides is 1. The number of nitrogens with one attached hydrogen (secondary N) is 1. The van der Waals surface area contributed by atoms with Crippen LogP contribution in [-0.4, -0.2) is 40.6 Å². The second kappa shape index (κ2) is 9.30. The lowest BCUT2D eigenvalue weighted by molar-refractivity contribution is -0.117. The molecule has 0 spiro atoms. The number of para-hydroxylation sites is 1. The van der Waals surface area contributed by atoms with Crippen molar-refractivity contribution in [3.63, 3.8) is 0 Å². The number of aliphatic hydroxyl groups is 1. The van der Waals surface area contributed by atoms with Crippen molar-refractivity contribution < 1.29 is 9.90 Å². The van der Waals surface area contributed by atoms with Gasteiger partial charge < -0.3 is 10.4 Å². The zero-order valence-electron chi connectivity index (χ0n) is 15.2. The predicted molar refractivity (Wildman–Crippen MR) is 100 cm³/mol. The number of aliphatic hydroxyl groups excluding tert-OH is 1. The van der Waals surface area contributed by atoms with E-state index in [1.807, 2.05) is 36.1 Å². The fourth-order valence-electron chi connectivity index (χ4n) is 2.83. The number of rotatable bonds is 8. The van der Waals surface area contributed by atoms with Crippen molar-refractivity contribution in [3.05, 3.63) is 59.4 Å². The van der Waals surface area contributed by atoms with Crippen molar-refractivity contribution in [1.29, 1.82) is 0 Å². The highest BCUT2D eigenvalue weighted by atomic mass is 16.3. The summed E-state index contributed by atoms with van der Waals surface area (Å²) in [4.78, 5) is 18.6. The zero-order chi connectivity index (χ0) is 18.2. The third-order valence-corrected chi connectivity index (χ3v) is 4.10. The summed E-state index contributed by atoms with van der Waals surface area (Å²) in [7, 11) is 0. The molecule has 2 aromatic rings. The van der Waals surface area contributed by atoms with E-state index >= 15 is 0 Å². The molecular formula is C20H27N3O2. The van der Waals surface area contributed by atoms with Crippen LogP contribution in [0.5, 0.6) is 0 Å². The molecule has 0 unspecified atom stereocenters. The summed E-state index contributed by atoms with van der Waals surface area (Å²) in [5.74, 6) is 0.257. The molecule has 1 amide bonds. The van der Waals surface area contributed by atoms with Crippen molar-refractivity contribution >= 4 is 11.6 Å². The molecule has 0 saturated heterocycles. The maximum absolute atomic E-state index is 12.6. The van der Waals surface area contributed by atoms with Crippen LogP contribution in [-0.2, 0) is 11.3 Å². The van der Waals surface area contributed by atoms with Crippen molar-refractivity contribution in [2.24, 2.45) is 0 Å². The normalized spacial score (nSPS) is 11.1. The average Bonchev–Trinajstić information content (AvgIpc) is 2.57. The molecule has 2 N–H and O–H groups in total. The molecule has 1 heterocycles. The highest BCUT2D eigenvalue weighted by molar-refractivity contribution is 5.93. The van der Waals surface area contributed by atoms with E-state index in [9.17, 15) is 9.90 Å². The van der Waals surface area contributed by atoms with E-state index < -0.39 is 0 Å². The van der Waals surface area contributed by atoms with E-state index in [1.165, 1.54) is 0 Å². The Hall–Kier alpha value is -2.24. The lowest BCUT2D eigenvalue weighted by Gasteiger charge is -2.22. The molecule has 0 aliphatic heterocycles. The fraction of sp³-hybridized carbons (Fsp3) is 0.400. The van der Waals surface area contributed by atoms with Gasteiger partial charge in [-0.2, -0.15) is 0 Å². The quantitative estimate of drug-likeness (QED) is 0.775. The summed E-state index contributed by atoms with van der Waals surface area (Å²) in [5, 5.41) is 12.3. The molecule has 0 radical (unpaired) electrons. The molecule has 1 aromatic heterocycles. The molecule has 0 aliphatic carbocycles. The van der Waals surface area contributed by atoms with E-state index in [0.717, 1.165) is 22.4 Å². The van der Waals surface area contributed by atoms with Crippen LogP contribution in [0.2, 0.25) is 0 Å². The van der Waals surface area contributed by atoms with Crippen LogP contribution >= 0.6 is 0 Å². The third-order valence-electron chi connectivity index (χ3n) is 4.10. The van der Waals surface area contributed by atoms with Gasteiger partial charge in [0.25, 0.3) is 0 Å². The number of hydrogen-bond acceptors (Lipinski definition) is 4. The van der Waals surface area contributed by atoms with Gasteiger partial charge >= 0.3 is 0 Å². The molecule has 0 saturated carbocycles. The fourth-order valence-corrected chi connectivity index (χ4v) is 2.83. The lowest BCUT2D eigenvalue weighted by Crippen LogP contribution is -2.35. The SMILES string of the molecule is Cc1cccc(C(C)C)c1NC(=O)CN(CCO)Cc1cccnc1. The standard InChI is InChI=1S/C20H27N3O2/c1-15(2)18-8-4-6-16(3)20(18)22-19(25)14-23(10-11-24)13-17-7-5-9-21-12-17/h4-9,12,15,24H,10-11,13-14H2,1-3H3,(H,22,25). The molecular weight excluding hydrogens is 314 g/mol. The van der Waals surface area contributed by atoms with Crippen molar-refractivity contribution in [3.8, 4) is 0 Å². The highest BCUT2D eigenvalue weighted by Crippen LogP contribution is 2.27. The van der Waals surface area contributed by atoms with Crippen LogP contribution in [0.3, 0.4) is 0 Å². The van der Waals surface area contributed by atoms with E-state index in [4.69, 9.17) is 0 Å². The first-order valence-electron chi connectivity index (χ1n) is 8.62. The molecule has 0 fully saturated rings. The third kappa shape index (κ3) is 5.66. The van der Waals surface area contributed by atoms with E-state index in [2.05, 4.69) is 30.2 Å². The van der Waals surface area contributed by atoms with Crippen molar-refractivity contribution in [2.75, 3.05) is 25.0 Å². The van der Waals surface area contributed by atoms with Gasteiger partial charge in [-0.3, -0.25) is 14.7 Å². The maximum atomic E-state index is 12.6. The van der Waals surface area contributed by atoms with Gasteiger partial charge in [0.1, 0.15) is 0 Å². The molecule has 0 bridgehead atoms. The summed E-state index contributed by atoms with van der Waals surface area (Å²) in [6.07, 6.45) is 3.50. The Bertz CT molecular complexity index is 687. The van der Waals surface area contributed by atoms with Crippen LogP contribution in [0, 0.1) is 6.92 Å². The summed E-state index contributed by atoms with van der Waals surface area (Å²) in [6.45, 7) is 7.48. The van der Waals surface area contributed by atoms with Gasteiger partial charge in [0, 0.05) is 31.2 Å².